The molecule has 0 atom stereocenters. The van der Waals surface area contributed by atoms with Gasteiger partial charge in [-0.2, -0.15) is 0 Å². The lowest BCUT2D eigenvalue weighted by Gasteiger charge is -2.27. The van der Waals surface area contributed by atoms with Gasteiger partial charge in [-0.3, -0.25) is 0 Å². The van der Waals surface area contributed by atoms with E-state index in [0.29, 0.717) is 56.5 Å². The Balaban J connectivity index is 1.12. The Bertz CT molecular complexity index is 4280. The van der Waals surface area contributed by atoms with E-state index in [1.54, 1.807) is 48.5 Å². The first-order valence-corrected chi connectivity index (χ1v) is 26.9. The van der Waals surface area contributed by atoms with E-state index in [1.165, 1.54) is 48.5 Å². The van der Waals surface area contributed by atoms with E-state index in [1.807, 2.05) is 58.3 Å². The summed E-state index contributed by atoms with van der Waals surface area (Å²) >= 11 is 0. The Morgan fingerprint density at radius 3 is 0.841 bits per heavy atom. The second kappa shape index (κ2) is 20.3. The largest absolute Gasteiger partial charge is 0.454 e. The highest BCUT2D eigenvalue weighted by Gasteiger charge is 2.29. The summed E-state index contributed by atoms with van der Waals surface area (Å²) in [7, 11) is 0. The number of para-hydroxylation sites is 2. The van der Waals surface area contributed by atoms with E-state index in [0.717, 1.165) is 77.6 Å². The minimum Gasteiger partial charge on any atom is -0.454 e. The molecular weight excluding hydrogens is 1030 g/mol. The van der Waals surface area contributed by atoms with Crippen LogP contribution in [0.25, 0.3) is 54.6 Å². The molecule has 0 N–H and O–H groups in total. The summed E-state index contributed by atoms with van der Waals surface area (Å²) in [4.78, 5) is 8.27. The second-order valence-electron chi connectivity index (χ2n) is 20.4. The van der Waals surface area contributed by atoms with Crippen LogP contribution in [0.2, 0.25) is 0 Å². The fraction of sp³-hybridized carbons (Fsp3) is 0.0278. The molecule has 10 heteroatoms. The second-order valence-corrected chi connectivity index (χ2v) is 20.4. The number of furan rings is 2. The minimum absolute atomic E-state index is 0.419. The zero-order valence-corrected chi connectivity index (χ0v) is 44.4. The van der Waals surface area contributed by atoms with E-state index >= 15 is 0 Å². The summed E-state index contributed by atoms with van der Waals surface area (Å²) in [5, 5.41) is 4.60. The summed E-state index contributed by atoms with van der Waals surface area (Å²) in [5.74, 6) is -1.67. The first-order chi connectivity index (χ1) is 40.1. The van der Waals surface area contributed by atoms with E-state index < -0.39 is 23.3 Å². The third-order valence-corrected chi connectivity index (χ3v) is 15.2. The molecule has 0 aliphatic rings. The van der Waals surface area contributed by atoms with Crippen molar-refractivity contribution >= 4 is 123 Å². The first kappa shape index (κ1) is 49.7. The molecule has 0 bridgehead atoms. The van der Waals surface area contributed by atoms with Crippen molar-refractivity contribution in [1.29, 1.82) is 0 Å². The molecule has 0 spiro atoms. The normalized spacial score (nSPS) is 11.5. The zero-order chi connectivity index (χ0) is 55.6. The monoisotopic (exact) mass is 1080 g/mol. The van der Waals surface area contributed by atoms with Gasteiger partial charge < -0.3 is 28.4 Å². The van der Waals surface area contributed by atoms with Gasteiger partial charge in [0.15, 0.2) is 11.2 Å². The number of benzene rings is 12. The summed E-state index contributed by atoms with van der Waals surface area (Å²) in [5.41, 5.74) is 13.4. The van der Waals surface area contributed by atoms with Gasteiger partial charge in [0.1, 0.15) is 34.4 Å². The highest BCUT2D eigenvalue weighted by atomic mass is 19.1. The fourth-order valence-corrected chi connectivity index (χ4v) is 11.3. The molecule has 0 saturated carbocycles. The van der Waals surface area contributed by atoms with Gasteiger partial charge in [-0.1, -0.05) is 71.8 Å². The number of hydrogen-bond donors (Lipinski definition) is 0. The van der Waals surface area contributed by atoms with Gasteiger partial charge in [-0.15, -0.1) is 0 Å². The molecule has 0 unspecified atom stereocenters. The Morgan fingerprint density at radius 1 is 0.256 bits per heavy atom. The first-order valence-electron chi connectivity index (χ1n) is 26.9. The van der Waals surface area contributed by atoms with E-state index in [4.69, 9.17) is 8.83 Å². The van der Waals surface area contributed by atoms with Gasteiger partial charge in [0.05, 0.1) is 11.4 Å². The SMILES string of the molecule is Cc1ccc(N(c2ccccc2)c2ccc3c(c2)oc2c(N(c4ccc(F)cc4)c4ccc(F)cc4)cc4c(cc(N(c5ccc(F)cc5)c5ccc(F)cc5)c5oc6cc(N(c7ccccc7)c7ccc(C)cc7)ccc6c54)c23)cc1. The summed E-state index contributed by atoms with van der Waals surface area (Å²) in [6.45, 7) is 4.13. The minimum atomic E-state index is -0.419. The van der Waals surface area contributed by atoms with E-state index in [2.05, 4.69) is 133 Å². The quantitative estimate of drug-likeness (QED) is 0.114. The van der Waals surface area contributed by atoms with Crippen molar-refractivity contribution in [3.63, 3.8) is 0 Å². The van der Waals surface area contributed by atoms with Crippen molar-refractivity contribution in [1.82, 2.24) is 0 Å². The van der Waals surface area contributed by atoms with Crippen molar-refractivity contribution in [3.8, 4) is 0 Å². The maximum atomic E-state index is 15.0. The van der Waals surface area contributed by atoms with E-state index in [-0.39, 0.29) is 0 Å². The van der Waals surface area contributed by atoms with Crippen LogP contribution in [-0.4, -0.2) is 0 Å². The molecule has 12 aromatic carbocycles. The number of hydrogen-bond acceptors (Lipinski definition) is 6. The van der Waals surface area contributed by atoms with Crippen LogP contribution < -0.4 is 19.6 Å². The standard InChI is InChI=1S/C72H48F4N4O2/c1-45-13-25-53(26-14-45)77(51-9-5-3-6-10-51)59-37-39-61-67(41-59)81-71-65(79(55-29-17-47(73)18-30-55)56-31-19-48(74)20-32-56)44-64-63(69(61)71)43-66(80(57-33-21-49(75)22-34-57)58-35-23-50(76)24-36-58)72-70(64)62-40-38-60(42-68(62)82-72)78(52-11-7-4-8-12-52)54-27-15-46(2)16-28-54/h3-44H,1-2H3. The van der Waals surface area contributed by atoms with Crippen molar-refractivity contribution in [3.05, 3.63) is 289 Å². The maximum absolute atomic E-state index is 15.0. The highest BCUT2D eigenvalue weighted by molar-refractivity contribution is 6.32. The Kier molecular flexibility index (Phi) is 12.3. The number of fused-ring (bicyclic) bond motifs is 9. The smallest absolute Gasteiger partial charge is 0.160 e. The highest BCUT2D eigenvalue weighted by Crippen LogP contribution is 2.53. The van der Waals surface area contributed by atoms with Crippen molar-refractivity contribution in [2.75, 3.05) is 19.6 Å². The molecular formula is C72H48F4N4O2. The average Bonchev–Trinajstić information content (AvgIpc) is 3.65. The lowest BCUT2D eigenvalue weighted by molar-refractivity contribution is 0.627. The molecule has 0 amide bonds. The molecule has 2 aromatic heterocycles. The molecule has 6 nitrogen and oxygen atoms in total. The number of nitrogens with zero attached hydrogens (tertiary/aromatic N) is 4. The van der Waals surface area contributed by atoms with Crippen LogP contribution >= 0.6 is 0 Å². The number of rotatable bonds is 12. The zero-order valence-electron chi connectivity index (χ0n) is 44.4. The third kappa shape index (κ3) is 8.87. The van der Waals surface area contributed by atoms with Crippen LogP contribution in [0, 0.1) is 37.1 Å². The van der Waals surface area contributed by atoms with Crippen molar-refractivity contribution in [2.45, 2.75) is 13.8 Å². The lowest BCUT2D eigenvalue weighted by Crippen LogP contribution is -2.11. The van der Waals surface area contributed by atoms with Crippen LogP contribution in [0.15, 0.2) is 264 Å². The molecule has 0 aliphatic heterocycles. The van der Waals surface area contributed by atoms with Gasteiger partial charge in [-0.25, -0.2) is 17.6 Å². The van der Waals surface area contributed by atoms with E-state index in [9.17, 15) is 17.6 Å². The van der Waals surface area contributed by atoms with Crippen LogP contribution in [-0.2, 0) is 0 Å². The number of anilines is 12. The summed E-state index contributed by atoms with van der Waals surface area (Å²) in [6, 6.07) is 78.3. The van der Waals surface area contributed by atoms with Gasteiger partial charge in [0.25, 0.3) is 0 Å². The van der Waals surface area contributed by atoms with Crippen molar-refractivity contribution < 1.29 is 26.4 Å². The van der Waals surface area contributed by atoms with Crippen LogP contribution in [0.1, 0.15) is 11.1 Å². The summed E-state index contributed by atoms with van der Waals surface area (Å²) in [6.07, 6.45) is 0. The molecule has 14 aromatic rings. The predicted octanol–water partition coefficient (Wildman–Crippen LogP) is 21.7. The molecule has 396 valence electrons. The Morgan fingerprint density at radius 2 is 0.524 bits per heavy atom. The fourth-order valence-electron chi connectivity index (χ4n) is 11.3. The number of halogens is 4. The van der Waals surface area contributed by atoms with Crippen LogP contribution in [0.3, 0.4) is 0 Å². The lowest BCUT2D eigenvalue weighted by atomic mass is 9.96. The third-order valence-electron chi connectivity index (χ3n) is 15.2. The molecule has 0 fully saturated rings. The van der Waals surface area contributed by atoms with Gasteiger partial charge >= 0.3 is 0 Å². The molecule has 0 radical (unpaired) electrons. The van der Waals surface area contributed by atoms with Crippen LogP contribution in [0.4, 0.5) is 85.8 Å². The number of aryl methyl sites for hydroxylation is 2. The van der Waals surface area contributed by atoms with Crippen molar-refractivity contribution in [2.24, 2.45) is 0 Å². The molecule has 0 saturated heterocycles. The average molecular weight is 1080 g/mol. The van der Waals surface area contributed by atoms with Crippen LogP contribution in [0.5, 0.6) is 0 Å². The molecule has 0 aliphatic carbocycles. The Hall–Kier alpha value is -10.6. The predicted molar refractivity (Wildman–Crippen MR) is 327 cm³/mol. The molecule has 14 rings (SSSR count). The molecule has 82 heavy (non-hydrogen) atoms. The van der Waals surface area contributed by atoms with Gasteiger partial charge in [0.2, 0.25) is 0 Å². The summed E-state index contributed by atoms with van der Waals surface area (Å²) < 4.78 is 74.6. The maximum Gasteiger partial charge on any atom is 0.160 e. The molecule has 2 heterocycles. The Labute approximate surface area is 469 Å². The van der Waals surface area contributed by atoms with Gasteiger partial charge in [0, 0.05) is 90.6 Å². The van der Waals surface area contributed by atoms with Gasteiger partial charge in [-0.05, 0) is 207 Å². The topological polar surface area (TPSA) is 39.2 Å².